The third-order valence-electron chi connectivity index (χ3n) is 4.55. The Kier molecular flexibility index (Phi) is 4.66. The second kappa shape index (κ2) is 6.70. The summed E-state index contributed by atoms with van der Waals surface area (Å²) in [5.41, 5.74) is 0. The van der Waals surface area contributed by atoms with Crippen LogP contribution in [0.1, 0.15) is 25.7 Å². The molecule has 2 fully saturated rings. The molecule has 23 heavy (non-hydrogen) atoms. The first-order chi connectivity index (χ1) is 11.0. The van der Waals surface area contributed by atoms with Crippen LogP contribution in [0.2, 0.25) is 0 Å². The Labute approximate surface area is 136 Å². The summed E-state index contributed by atoms with van der Waals surface area (Å²) in [6.45, 7) is 1.09. The average Bonchev–Trinajstić information content (AvgIpc) is 3.25. The second-order valence-electron chi connectivity index (χ2n) is 6.87. The molecular formula is C16H25N5O2. The molecule has 0 aliphatic heterocycles. The van der Waals surface area contributed by atoms with Gasteiger partial charge in [0.25, 0.3) is 0 Å². The molecule has 0 saturated heterocycles. The molecule has 0 amide bonds. The topological polar surface area (TPSA) is 81.6 Å². The number of carboxylic acids is 1. The van der Waals surface area contributed by atoms with Crippen LogP contribution in [-0.2, 0) is 4.79 Å². The molecule has 2 N–H and O–H groups in total. The van der Waals surface area contributed by atoms with Crippen molar-refractivity contribution in [3.8, 4) is 0 Å². The summed E-state index contributed by atoms with van der Waals surface area (Å²) in [6, 6.07) is 2.61. The van der Waals surface area contributed by atoms with Gasteiger partial charge < -0.3 is 15.3 Å². The Hall–Kier alpha value is -1.89. The molecule has 7 heteroatoms. The zero-order valence-corrected chi connectivity index (χ0v) is 13.8. The van der Waals surface area contributed by atoms with Gasteiger partial charge in [0.05, 0.1) is 6.54 Å². The SMILES string of the molecule is CN(C)c1nccc(NC2CC(N(CC(=O)O)CC3CC3)C2)n1. The summed E-state index contributed by atoms with van der Waals surface area (Å²) in [6.07, 6.45) is 6.20. The lowest BCUT2D eigenvalue weighted by molar-refractivity contribution is -0.139. The van der Waals surface area contributed by atoms with Crippen LogP contribution in [-0.4, -0.2) is 65.2 Å². The van der Waals surface area contributed by atoms with Gasteiger partial charge in [-0.1, -0.05) is 0 Å². The molecule has 0 spiro atoms. The summed E-state index contributed by atoms with van der Waals surface area (Å²) in [5, 5.41) is 12.5. The van der Waals surface area contributed by atoms with Gasteiger partial charge in [-0.2, -0.15) is 4.98 Å². The van der Waals surface area contributed by atoms with Gasteiger partial charge in [0.2, 0.25) is 5.95 Å². The lowest BCUT2D eigenvalue weighted by atomic mass is 9.85. The number of nitrogens with zero attached hydrogens (tertiary/aromatic N) is 4. The molecule has 3 rings (SSSR count). The van der Waals surface area contributed by atoms with E-state index in [4.69, 9.17) is 5.11 Å². The number of anilines is 2. The van der Waals surface area contributed by atoms with E-state index in [1.54, 1.807) is 6.20 Å². The van der Waals surface area contributed by atoms with E-state index in [1.807, 2.05) is 25.1 Å². The molecular weight excluding hydrogens is 294 g/mol. The fourth-order valence-electron chi connectivity index (χ4n) is 3.01. The Morgan fingerprint density at radius 1 is 1.39 bits per heavy atom. The van der Waals surface area contributed by atoms with Crippen LogP contribution < -0.4 is 10.2 Å². The summed E-state index contributed by atoms with van der Waals surface area (Å²) in [5.74, 6) is 1.51. The summed E-state index contributed by atoms with van der Waals surface area (Å²) >= 11 is 0. The molecule has 0 unspecified atom stereocenters. The summed E-state index contributed by atoms with van der Waals surface area (Å²) in [4.78, 5) is 23.7. The number of aliphatic carboxylic acids is 1. The minimum atomic E-state index is -0.728. The average molecular weight is 319 g/mol. The van der Waals surface area contributed by atoms with Crippen LogP contribution in [0.5, 0.6) is 0 Å². The fraction of sp³-hybridized carbons (Fsp3) is 0.688. The van der Waals surface area contributed by atoms with Crippen molar-refractivity contribution in [1.29, 1.82) is 0 Å². The number of hydrogen-bond acceptors (Lipinski definition) is 6. The van der Waals surface area contributed by atoms with Crippen LogP contribution >= 0.6 is 0 Å². The zero-order chi connectivity index (χ0) is 16.4. The summed E-state index contributed by atoms with van der Waals surface area (Å²) in [7, 11) is 3.83. The van der Waals surface area contributed by atoms with E-state index in [1.165, 1.54) is 12.8 Å². The lowest BCUT2D eigenvalue weighted by Crippen LogP contribution is -2.52. The highest BCUT2D eigenvalue weighted by Gasteiger charge is 2.37. The number of aromatic nitrogens is 2. The predicted octanol–water partition coefficient (Wildman–Crippen LogP) is 1.28. The van der Waals surface area contributed by atoms with Gasteiger partial charge in [-0.05, 0) is 37.7 Å². The third-order valence-corrected chi connectivity index (χ3v) is 4.55. The molecule has 1 aromatic rings. The predicted molar refractivity (Wildman–Crippen MR) is 88.7 cm³/mol. The van der Waals surface area contributed by atoms with E-state index in [0.29, 0.717) is 23.9 Å². The van der Waals surface area contributed by atoms with Crippen molar-refractivity contribution in [2.45, 2.75) is 37.8 Å². The number of rotatable bonds is 8. The van der Waals surface area contributed by atoms with Crippen LogP contribution in [0.25, 0.3) is 0 Å². The molecule has 0 bridgehead atoms. The molecule has 126 valence electrons. The minimum Gasteiger partial charge on any atom is -0.480 e. The molecule has 1 aromatic heterocycles. The lowest BCUT2D eigenvalue weighted by Gasteiger charge is -2.43. The van der Waals surface area contributed by atoms with Crippen molar-refractivity contribution >= 4 is 17.7 Å². The van der Waals surface area contributed by atoms with E-state index in [0.717, 1.165) is 25.2 Å². The van der Waals surface area contributed by atoms with Crippen molar-refractivity contribution in [1.82, 2.24) is 14.9 Å². The van der Waals surface area contributed by atoms with E-state index in [2.05, 4.69) is 20.2 Å². The maximum atomic E-state index is 11.1. The smallest absolute Gasteiger partial charge is 0.317 e. The van der Waals surface area contributed by atoms with Crippen LogP contribution in [0, 0.1) is 5.92 Å². The zero-order valence-electron chi connectivity index (χ0n) is 13.8. The first-order valence-electron chi connectivity index (χ1n) is 8.24. The Bertz CT molecular complexity index is 555. The third kappa shape index (κ3) is 4.31. The van der Waals surface area contributed by atoms with Crippen molar-refractivity contribution < 1.29 is 9.90 Å². The van der Waals surface area contributed by atoms with Crippen LogP contribution in [0.3, 0.4) is 0 Å². The monoisotopic (exact) mass is 319 g/mol. The molecule has 7 nitrogen and oxygen atoms in total. The Morgan fingerprint density at radius 3 is 2.74 bits per heavy atom. The normalized spacial score (nSPS) is 23.4. The van der Waals surface area contributed by atoms with Crippen molar-refractivity contribution in [3.05, 3.63) is 12.3 Å². The van der Waals surface area contributed by atoms with Crippen molar-refractivity contribution in [2.24, 2.45) is 5.92 Å². The highest BCUT2D eigenvalue weighted by atomic mass is 16.4. The van der Waals surface area contributed by atoms with Gasteiger partial charge in [0, 0.05) is 38.9 Å². The van der Waals surface area contributed by atoms with Gasteiger partial charge in [-0.15, -0.1) is 0 Å². The maximum absolute atomic E-state index is 11.1. The van der Waals surface area contributed by atoms with Gasteiger partial charge in [0.15, 0.2) is 0 Å². The maximum Gasteiger partial charge on any atom is 0.317 e. The number of carbonyl (C=O) groups is 1. The van der Waals surface area contributed by atoms with E-state index >= 15 is 0 Å². The number of nitrogens with one attached hydrogen (secondary N) is 1. The second-order valence-corrected chi connectivity index (χ2v) is 6.87. The molecule has 2 aliphatic carbocycles. The van der Waals surface area contributed by atoms with E-state index in [-0.39, 0.29) is 6.54 Å². The van der Waals surface area contributed by atoms with E-state index < -0.39 is 5.97 Å². The van der Waals surface area contributed by atoms with Crippen LogP contribution in [0.15, 0.2) is 12.3 Å². The molecule has 2 aliphatic rings. The fourth-order valence-corrected chi connectivity index (χ4v) is 3.01. The van der Waals surface area contributed by atoms with Crippen LogP contribution in [0.4, 0.5) is 11.8 Å². The van der Waals surface area contributed by atoms with Crippen molar-refractivity contribution in [2.75, 3.05) is 37.4 Å². The molecule has 2 saturated carbocycles. The quantitative estimate of drug-likeness (QED) is 0.747. The molecule has 0 aromatic carbocycles. The van der Waals surface area contributed by atoms with Gasteiger partial charge >= 0.3 is 5.97 Å². The Morgan fingerprint density at radius 2 is 2.13 bits per heavy atom. The minimum absolute atomic E-state index is 0.159. The standard InChI is InChI=1S/C16H25N5O2/c1-20(2)16-17-6-5-14(19-16)18-12-7-13(8-12)21(10-15(22)23)9-11-3-4-11/h5-6,11-13H,3-4,7-10H2,1-2H3,(H,22,23)(H,17,18,19). The number of carboxylic acid groups (broad SMARTS) is 1. The van der Waals surface area contributed by atoms with E-state index in [9.17, 15) is 4.79 Å². The molecule has 0 radical (unpaired) electrons. The van der Waals surface area contributed by atoms with Gasteiger partial charge in [-0.3, -0.25) is 9.69 Å². The Balaban J connectivity index is 1.51. The molecule has 0 atom stereocenters. The van der Waals surface area contributed by atoms with Crippen molar-refractivity contribution in [3.63, 3.8) is 0 Å². The first-order valence-corrected chi connectivity index (χ1v) is 8.24. The molecule has 1 heterocycles. The highest BCUT2D eigenvalue weighted by Crippen LogP contribution is 2.34. The largest absolute Gasteiger partial charge is 0.480 e. The highest BCUT2D eigenvalue weighted by molar-refractivity contribution is 5.69. The first kappa shape index (κ1) is 16.0. The van der Waals surface area contributed by atoms with Gasteiger partial charge in [0.1, 0.15) is 5.82 Å². The number of hydrogen-bond donors (Lipinski definition) is 2. The summed E-state index contributed by atoms with van der Waals surface area (Å²) < 4.78 is 0. The van der Waals surface area contributed by atoms with Gasteiger partial charge in [-0.25, -0.2) is 4.98 Å².